The van der Waals surface area contributed by atoms with Gasteiger partial charge in [0.05, 0.1) is 5.25 Å². The maximum Gasteiger partial charge on any atom is 0.248 e. The van der Waals surface area contributed by atoms with Crippen molar-refractivity contribution in [3.8, 4) is 0 Å². The van der Waals surface area contributed by atoms with Gasteiger partial charge in [0, 0.05) is 17.8 Å². The van der Waals surface area contributed by atoms with Crippen LogP contribution < -0.4 is 11.1 Å². The van der Waals surface area contributed by atoms with Gasteiger partial charge in [-0.3, -0.25) is 9.59 Å². The molecule has 1 atom stereocenters. The van der Waals surface area contributed by atoms with Crippen molar-refractivity contribution in [1.29, 1.82) is 0 Å². The monoisotopic (exact) mass is 361 g/mol. The molecule has 0 aliphatic heterocycles. The summed E-state index contributed by atoms with van der Waals surface area (Å²) in [6, 6.07) is 6.48. The number of primary amides is 1. The van der Waals surface area contributed by atoms with Crippen LogP contribution in [0.5, 0.6) is 0 Å². The van der Waals surface area contributed by atoms with Crippen LogP contribution in [0, 0.1) is 0 Å². The number of anilines is 1. The van der Waals surface area contributed by atoms with Crippen LogP contribution in [-0.4, -0.2) is 31.8 Å². The van der Waals surface area contributed by atoms with Crippen molar-refractivity contribution in [2.75, 3.05) is 5.32 Å². The van der Waals surface area contributed by atoms with E-state index < -0.39 is 5.91 Å². The molecule has 7 nitrogen and oxygen atoms in total. The van der Waals surface area contributed by atoms with Crippen molar-refractivity contribution < 1.29 is 9.59 Å². The predicted molar refractivity (Wildman–Crippen MR) is 98.5 cm³/mol. The van der Waals surface area contributed by atoms with Crippen molar-refractivity contribution in [3.63, 3.8) is 0 Å². The van der Waals surface area contributed by atoms with E-state index in [0.29, 0.717) is 11.3 Å². The largest absolute Gasteiger partial charge is 0.366 e. The third kappa shape index (κ3) is 5.60. The van der Waals surface area contributed by atoms with Crippen LogP contribution in [0.2, 0.25) is 0 Å². The Bertz CT molecular complexity index is 714. The molecular formula is C17H23N5O2S. The topological polar surface area (TPSA) is 103 Å². The van der Waals surface area contributed by atoms with Gasteiger partial charge < -0.3 is 15.6 Å². The Morgan fingerprint density at radius 3 is 2.64 bits per heavy atom. The summed E-state index contributed by atoms with van der Waals surface area (Å²) in [7, 11) is 0. The Hall–Kier alpha value is -2.35. The molecule has 0 unspecified atom stereocenters. The van der Waals surface area contributed by atoms with Crippen molar-refractivity contribution in [1.82, 2.24) is 14.8 Å². The SMILES string of the molecule is CCCCCn1cnnc1S[C@H](C)C(=O)Nc1ccc(C(N)=O)cc1. The molecule has 0 saturated carbocycles. The van der Waals surface area contributed by atoms with E-state index >= 15 is 0 Å². The third-order valence-electron chi connectivity index (χ3n) is 3.67. The minimum Gasteiger partial charge on any atom is -0.366 e. The van der Waals surface area contributed by atoms with Crippen molar-refractivity contribution in [3.05, 3.63) is 36.2 Å². The Morgan fingerprint density at radius 1 is 1.28 bits per heavy atom. The van der Waals surface area contributed by atoms with E-state index in [9.17, 15) is 9.59 Å². The Kier molecular flexibility index (Phi) is 7.00. The smallest absolute Gasteiger partial charge is 0.248 e. The first-order chi connectivity index (χ1) is 12.0. The highest BCUT2D eigenvalue weighted by Gasteiger charge is 2.18. The van der Waals surface area contributed by atoms with E-state index in [1.165, 1.54) is 11.8 Å². The normalized spacial score (nSPS) is 11.9. The number of carbonyl (C=O) groups excluding carboxylic acids is 2. The number of aryl methyl sites for hydroxylation is 1. The van der Waals surface area contributed by atoms with E-state index in [0.717, 1.165) is 31.0 Å². The first kappa shape index (κ1) is 19.0. The van der Waals surface area contributed by atoms with E-state index in [1.54, 1.807) is 30.6 Å². The van der Waals surface area contributed by atoms with E-state index in [1.807, 2.05) is 11.5 Å². The molecule has 0 aliphatic carbocycles. The van der Waals surface area contributed by atoms with Gasteiger partial charge in [0.25, 0.3) is 0 Å². The molecule has 1 aromatic heterocycles. The lowest BCUT2D eigenvalue weighted by Crippen LogP contribution is -2.23. The molecule has 8 heteroatoms. The molecule has 0 radical (unpaired) electrons. The average molecular weight is 361 g/mol. The van der Waals surface area contributed by atoms with Crippen molar-refractivity contribution in [2.24, 2.45) is 5.73 Å². The summed E-state index contributed by atoms with van der Waals surface area (Å²) in [6.07, 6.45) is 5.07. The van der Waals surface area contributed by atoms with Gasteiger partial charge in [0.15, 0.2) is 5.16 Å². The molecule has 0 aliphatic rings. The molecule has 1 aromatic carbocycles. The maximum atomic E-state index is 12.3. The number of rotatable bonds is 9. The molecule has 2 amide bonds. The molecule has 25 heavy (non-hydrogen) atoms. The van der Waals surface area contributed by atoms with Crippen LogP contribution >= 0.6 is 11.8 Å². The van der Waals surface area contributed by atoms with Crippen molar-refractivity contribution >= 4 is 29.3 Å². The first-order valence-corrected chi connectivity index (χ1v) is 9.14. The molecule has 0 bridgehead atoms. The van der Waals surface area contributed by atoms with Crippen LogP contribution in [0.15, 0.2) is 35.7 Å². The molecule has 1 heterocycles. The van der Waals surface area contributed by atoms with Gasteiger partial charge in [-0.2, -0.15) is 0 Å². The van der Waals surface area contributed by atoms with Crippen LogP contribution in [0.4, 0.5) is 5.69 Å². The predicted octanol–water partition coefficient (Wildman–Crippen LogP) is 2.69. The Labute approximate surface area is 151 Å². The second-order valence-corrected chi connectivity index (χ2v) is 7.01. The molecular weight excluding hydrogens is 338 g/mol. The number of nitrogens with zero attached hydrogens (tertiary/aromatic N) is 3. The third-order valence-corrected chi connectivity index (χ3v) is 4.77. The van der Waals surface area contributed by atoms with E-state index in [4.69, 9.17) is 5.73 Å². The Morgan fingerprint density at radius 2 is 2.00 bits per heavy atom. The zero-order chi connectivity index (χ0) is 18.2. The van der Waals surface area contributed by atoms with Gasteiger partial charge in [-0.25, -0.2) is 0 Å². The highest BCUT2D eigenvalue weighted by atomic mass is 32.2. The minimum atomic E-state index is -0.496. The standard InChI is InChI=1S/C17H23N5O2S/c1-3-4-5-10-22-11-19-21-17(22)25-12(2)16(24)20-14-8-6-13(7-9-14)15(18)23/h6-9,11-12H,3-5,10H2,1-2H3,(H2,18,23)(H,20,24)/t12-/m1/s1. The molecule has 134 valence electrons. The van der Waals surface area contributed by atoms with Gasteiger partial charge in [0.2, 0.25) is 11.8 Å². The van der Waals surface area contributed by atoms with Gasteiger partial charge in [-0.1, -0.05) is 31.5 Å². The Balaban J connectivity index is 1.92. The van der Waals surface area contributed by atoms with Gasteiger partial charge in [0.1, 0.15) is 6.33 Å². The molecule has 2 rings (SSSR count). The lowest BCUT2D eigenvalue weighted by molar-refractivity contribution is -0.115. The summed E-state index contributed by atoms with van der Waals surface area (Å²) in [5.74, 6) is -0.635. The van der Waals surface area contributed by atoms with Crippen molar-refractivity contribution in [2.45, 2.75) is 50.1 Å². The summed E-state index contributed by atoms with van der Waals surface area (Å²) in [5.41, 5.74) is 6.22. The second-order valence-electron chi connectivity index (χ2n) is 5.70. The van der Waals surface area contributed by atoms with E-state index in [2.05, 4.69) is 22.4 Å². The van der Waals surface area contributed by atoms with Gasteiger partial charge >= 0.3 is 0 Å². The fraction of sp³-hybridized carbons (Fsp3) is 0.412. The summed E-state index contributed by atoms with van der Waals surface area (Å²) in [6.45, 7) is 4.83. The number of aromatic nitrogens is 3. The van der Waals surface area contributed by atoms with Crippen LogP contribution in [-0.2, 0) is 11.3 Å². The number of benzene rings is 1. The van der Waals surface area contributed by atoms with Crippen LogP contribution in [0.1, 0.15) is 43.5 Å². The average Bonchev–Trinajstić information content (AvgIpc) is 3.02. The zero-order valence-electron chi connectivity index (χ0n) is 14.4. The zero-order valence-corrected chi connectivity index (χ0v) is 15.3. The highest BCUT2D eigenvalue weighted by molar-refractivity contribution is 8.00. The fourth-order valence-electron chi connectivity index (χ4n) is 2.19. The van der Waals surface area contributed by atoms with Gasteiger partial charge in [-0.05, 0) is 37.6 Å². The highest BCUT2D eigenvalue weighted by Crippen LogP contribution is 2.22. The molecule has 0 fully saturated rings. The molecule has 0 spiro atoms. The fourth-order valence-corrected chi connectivity index (χ4v) is 3.04. The maximum absolute atomic E-state index is 12.3. The summed E-state index contributed by atoms with van der Waals surface area (Å²) in [5, 5.41) is 11.3. The quantitative estimate of drug-likeness (QED) is 0.528. The lowest BCUT2D eigenvalue weighted by Gasteiger charge is -2.12. The summed E-state index contributed by atoms with van der Waals surface area (Å²) < 4.78 is 1.98. The number of unbranched alkanes of at least 4 members (excludes halogenated alkanes) is 2. The van der Waals surface area contributed by atoms with Gasteiger partial charge in [-0.15, -0.1) is 10.2 Å². The number of hydrogen-bond donors (Lipinski definition) is 2. The number of thioether (sulfide) groups is 1. The molecule has 2 aromatic rings. The summed E-state index contributed by atoms with van der Waals surface area (Å²) >= 11 is 1.37. The first-order valence-electron chi connectivity index (χ1n) is 8.26. The number of hydrogen-bond acceptors (Lipinski definition) is 5. The molecule has 3 N–H and O–H groups in total. The number of carbonyl (C=O) groups is 2. The summed E-state index contributed by atoms with van der Waals surface area (Å²) in [4.78, 5) is 23.4. The lowest BCUT2D eigenvalue weighted by atomic mass is 10.2. The van der Waals surface area contributed by atoms with Crippen LogP contribution in [0.3, 0.4) is 0 Å². The minimum absolute atomic E-state index is 0.139. The second kappa shape index (κ2) is 9.22. The number of nitrogens with two attached hydrogens (primary N) is 1. The molecule has 0 saturated heterocycles. The van der Waals surface area contributed by atoms with Crippen LogP contribution in [0.25, 0.3) is 0 Å². The number of amides is 2. The number of nitrogens with one attached hydrogen (secondary N) is 1. The van der Waals surface area contributed by atoms with E-state index in [-0.39, 0.29) is 11.2 Å².